The number of aromatic nitrogens is 2. The van der Waals surface area contributed by atoms with E-state index < -0.39 is 11.9 Å². The Morgan fingerprint density at radius 2 is 2.06 bits per heavy atom. The average molecular weight is 255 g/mol. The van der Waals surface area contributed by atoms with Crippen LogP contribution in [0.5, 0.6) is 0 Å². The standard InChI is InChI=1S/C13H22FN3O/c1-5-10-11(14)12(17-8-16-10)15-7-9(18)6-13(2,3)4/h8-9,18H,5-7H2,1-4H3,(H,15,16,17). The zero-order valence-electron chi connectivity index (χ0n) is 11.5. The van der Waals surface area contributed by atoms with Gasteiger partial charge in [0.15, 0.2) is 11.6 Å². The van der Waals surface area contributed by atoms with Crippen molar-refractivity contribution in [2.75, 3.05) is 11.9 Å². The van der Waals surface area contributed by atoms with Crippen LogP contribution in [0, 0.1) is 11.2 Å². The van der Waals surface area contributed by atoms with Gasteiger partial charge in [0.1, 0.15) is 6.33 Å². The summed E-state index contributed by atoms with van der Waals surface area (Å²) < 4.78 is 13.8. The number of rotatable bonds is 5. The van der Waals surface area contributed by atoms with Crippen LogP contribution < -0.4 is 5.32 Å². The molecule has 0 aliphatic heterocycles. The van der Waals surface area contributed by atoms with Crippen LogP contribution in [0.1, 0.15) is 39.8 Å². The lowest BCUT2D eigenvalue weighted by atomic mass is 9.89. The lowest BCUT2D eigenvalue weighted by Crippen LogP contribution is -2.25. The molecule has 18 heavy (non-hydrogen) atoms. The van der Waals surface area contributed by atoms with Crippen molar-refractivity contribution in [3.63, 3.8) is 0 Å². The number of anilines is 1. The molecule has 0 amide bonds. The molecule has 1 rings (SSSR count). The van der Waals surface area contributed by atoms with E-state index in [-0.39, 0.29) is 17.8 Å². The van der Waals surface area contributed by atoms with Gasteiger partial charge >= 0.3 is 0 Å². The zero-order valence-corrected chi connectivity index (χ0v) is 11.5. The minimum Gasteiger partial charge on any atom is -0.391 e. The highest BCUT2D eigenvalue weighted by Crippen LogP contribution is 2.21. The molecular weight excluding hydrogens is 233 g/mol. The van der Waals surface area contributed by atoms with Crippen LogP contribution in [0.4, 0.5) is 10.2 Å². The number of halogens is 1. The first-order valence-corrected chi connectivity index (χ1v) is 6.25. The van der Waals surface area contributed by atoms with Crippen LogP contribution in [-0.4, -0.2) is 27.7 Å². The Labute approximate surface area is 108 Å². The maximum Gasteiger partial charge on any atom is 0.186 e. The second-order valence-corrected chi connectivity index (χ2v) is 5.64. The molecule has 102 valence electrons. The van der Waals surface area contributed by atoms with E-state index >= 15 is 0 Å². The molecule has 0 saturated carbocycles. The first kappa shape index (κ1) is 14.8. The molecule has 1 atom stereocenters. The molecule has 1 aromatic heterocycles. The lowest BCUT2D eigenvalue weighted by molar-refractivity contribution is 0.132. The minimum atomic E-state index is -0.524. The smallest absolute Gasteiger partial charge is 0.186 e. The molecule has 5 heteroatoms. The summed E-state index contributed by atoms with van der Waals surface area (Å²) in [5, 5.41) is 12.7. The summed E-state index contributed by atoms with van der Waals surface area (Å²) in [6.45, 7) is 8.28. The summed E-state index contributed by atoms with van der Waals surface area (Å²) >= 11 is 0. The predicted molar refractivity (Wildman–Crippen MR) is 69.9 cm³/mol. The van der Waals surface area contributed by atoms with Crippen molar-refractivity contribution < 1.29 is 9.50 Å². The van der Waals surface area contributed by atoms with Crippen LogP contribution in [0.25, 0.3) is 0 Å². The van der Waals surface area contributed by atoms with Crippen LogP contribution in [0.15, 0.2) is 6.33 Å². The third kappa shape index (κ3) is 4.56. The number of nitrogens with one attached hydrogen (secondary N) is 1. The van der Waals surface area contributed by atoms with E-state index in [2.05, 4.69) is 36.1 Å². The van der Waals surface area contributed by atoms with E-state index in [1.165, 1.54) is 6.33 Å². The van der Waals surface area contributed by atoms with E-state index in [0.717, 1.165) is 0 Å². The summed E-state index contributed by atoms with van der Waals surface area (Å²) in [5.41, 5.74) is 0.428. The van der Waals surface area contributed by atoms with Crippen molar-refractivity contribution in [3.8, 4) is 0 Å². The monoisotopic (exact) mass is 255 g/mol. The molecular formula is C13H22FN3O. The molecule has 0 fully saturated rings. The molecule has 0 aliphatic rings. The van der Waals surface area contributed by atoms with Gasteiger partial charge in [-0.3, -0.25) is 0 Å². The normalized spacial score (nSPS) is 13.4. The third-order valence-corrected chi connectivity index (χ3v) is 2.55. The Morgan fingerprint density at radius 3 is 2.61 bits per heavy atom. The highest BCUT2D eigenvalue weighted by Gasteiger charge is 2.17. The summed E-state index contributed by atoms with van der Waals surface area (Å²) in [6, 6.07) is 0. The predicted octanol–water partition coefficient (Wildman–Crippen LogP) is 2.39. The van der Waals surface area contributed by atoms with Gasteiger partial charge in [0, 0.05) is 6.54 Å². The summed E-state index contributed by atoms with van der Waals surface area (Å²) in [5.74, 6) is -0.266. The second-order valence-electron chi connectivity index (χ2n) is 5.64. The summed E-state index contributed by atoms with van der Waals surface area (Å²) in [7, 11) is 0. The Morgan fingerprint density at radius 1 is 1.39 bits per heavy atom. The third-order valence-electron chi connectivity index (χ3n) is 2.55. The van der Waals surface area contributed by atoms with E-state index in [1.54, 1.807) is 0 Å². The Kier molecular flexibility index (Phi) is 5.02. The van der Waals surface area contributed by atoms with Crippen LogP contribution in [0.2, 0.25) is 0 Å². The van der Waals surface area contributed by atoms with Gasteiger partial charge in [-0.25, -0.2) is 14.4 Å². The second kappa shape index (κ2) is 6.09. The first-order valence-electron chi connectivity index (χ1n) is 6.25. The number of hydrogen-bond donors (Lipinski definition) is 2. The summed E-state index contributed by atoms with van der Waals surface area (Å²) in [4.78, 5) is 7.70. The molecule has 1 unspecified atom stereocenters. The van der Waals surface area contributed by atoms with E-state index in [4.69, 9.17) is 0 Å². The Bertz CT molecular complexity index is 390. The highest BCUT2D eigenvalue weighted by molar-refractivity contribution is 5.37. The maximum atomic E-state index is 13.8. The molecule has 1 aromatic rings. The first-order chi connectivity index (χ1) is 8.33. The number of aryl methyl sites for hydroxylation is 1. The fourth-order valence-corrected chi connectivity index (χ4v) is 1.77. The topological polar surface area (TPSA) is 58.0 Å². The average Bonchev–Trinajstić information content (AvgIpc) is 2.25. The van der Waals surface area contributed by atoms with Gasteiger partial charge in [-0.05, 0) is 18.3 Å². The molecule has 0 aliphatic carbocycles. The van der Waals surface area contributed by atoms with E-state index in [9.17, 15) is 9.50 Å². The summed E-state index contributed by atoms with van der Waals surface area (Å²) in [6.07, 6.45) is 1.98. The van der Waals surface area contributed by atoms with Gasteiger partial charge in [0.05, 0.1) is 11.8 Å². The number of aliphatic hydroxyl groups is 1. The number of nitrogens with zero attached hydrogens (tertiary/aromatic N) is 2. The van der Waals surface area contributed by atoms with Gasteiger partial charge in [-0.1, -0.05) is 27.7 Å². The van der Waals surface area contributed by atoms with Gasteiger partial charge < -0.3 is 10.4 Å². The van der Waals surface area contributed by atoms with Crippen molar-refractivity contribution in [1.29, 1.82) is 0 Å². The van der Waals surface area contributed by atoms with Crippen molar-refractivity contribution in [2.45, 2.75) is 46.6 Å². The van der Waals surface area contributed by atoms with Crippen LogP contribution in [0.3, 0.4) is 0 Å². The van der Waals surface area contributed by atoms with Gasteiger partial charge in [0.2, 0.25) is 0 Å². The van der Waals surface area contributed by atoms with Crippen molar-refractivity contribution >= 4 is 5.82 Å². The number of aliphatic hydroxyl groups excluding tert-OH is 1. The number of hydrogen-bond acceptors (Lipinski definition) is 4. The Balaban J connectivity index is 2.58. The molecule has 0 bridgehead atoms. The molecule has 0 spiro atoms. The minimum absolute atomic E-state index is 0.0416. The Hall–Kier alpha value is -1.23. The van der Waals surface area contributed by atoms with Gasteiger partial charge in [-0.15, -0.1) is 0 Å². The molecule has 0 radical (unpaired) electrons. The molecule has 0 aromatic carbocycles. The molecule has 4 nitrogen and oxygen atoms in total. The molecule has 0 saturated heterocycles. The van der Waals surface area contributed by atoms with Crippen molar-refractivity contribution in [3.05, 3.63) is 17.8 Å². The quantitative estimate of drug-likeness (QED) is 0.848. The van der Waals surface area contributed by atoms with Crippen molar-refractivity contribution in [2.24, 2.45) is 5.41 Å². The largest absolute Gasteiger partial charge is 0.391 e. The van der Waals surface area contributed by atoms with Crippen LogP contribution >= 0.6 is 0 Å². The van der Waals surface area contributed by atoms with Crippen LogP contribution in [-0.2, 0) is 6.42 Å². The zero-order chi connectivity index (χ0) is 13.8. The fraction of sp³-hybridized carbons (Fsp3) is 0.692. The van der Waals surface area contributed by atoms with Gasteiger partial charge in [0.25, 0.3) is 0 Å². The fourth-order valence-electron chi connectivity index (χ4n) is 1.77. The van der Waals surface area contributed by atoms with E-state index in [1.807, 2.05) is 6.92 Å². The highest BCUT2D eigenvalue weighted by atomic mass is 19.1. The van der Waals surface area contributed by atoms with E-state index in [0.29, 0.717) is 18.5 Å². The lowest BCUT2D eigenvalue weighted by Gasteiger charge is -2.22. The SMILES string of the molecule is CCc1ncnc(NCC(O)CC(C)(C)C)c1F. The van der Waals surface area contributed by atoms with Gasteiger partial charge in [-0.2, -0.15) is 0 Å². The maximum absolute atomic E-state index is 13.8. The molecule has 1 heterocycles. The van der Waals surface area contributed by atoms with Crippen molar-refractivity contribution in [1.82, 2.24) is 9.97 Å². The molecule has 2 N–H and O–H groups in total.